The molecule has 0 aromatic carbocycles. The van der Waals surface area contributed by atoms with E-state index in [0.717, 1.165) is 4.90 Å². The number of ether oxygens (including phenoxy) is 1. The first-order valence-corrected chi connectivity index (χ1v) is 5.75. The highest BCUT2D eigenvalue weighted by atomic mass is 35.5. The van der Waals surface area contributed by atoms with Crippen molar-refractivity contribution >= 4 is 17.6 Å². The van der Waals surface area contributed by atoms with Crippen molar-refractivity contribution in [3.8, 4) is 0 Å². The molecule has 0 bridgehead atoms. The van der Waals surface area contributed by atoms with Crippen molar-refractivity contribution in [3.63, 3.8) is 0 Å². The molecule has 17 heavy (non-hydrogen) atoms. The van der Waals surface area contributed by atoms with Crippen molar-refractivity contribution in [3.05, 3.63) is 0 Å². The molecule has 2 amide bonds. The average Bonchev–Trinajstić information content (AvgIpc) is 2.62. The third-order valence-corrected chi connectivity index (χ3v) is 2.78. The zero-order chi connectivity index (χ0) is 13.0. The van der Waals surface area contributed by atoms with Gasteiger partial charge in [-0.2, -0.15) is 0 Å². The molecule has 0 saturated carbocycles. The van der Waals surface area contributed by atoms with Crippen LogP contribution in [-0.2, 0) is 4.74 Å². The highest BCUT2D eigenvalue weighted by Gasteiger charge is 2.45. The molecule has 0 aliphatic carbocycles. The van der Waals surface area contributed by atoms with Gasteiger partial charge in [0.1, 0.15) is 18.3 Å². The van der Waals surface area contributed by atoms with Crippen molar-refractivity contribution in [2.24, 2.45) is 0 Å². The summed E-state index contributed by atoms with van der Waals surface area (Å²) in [5.74, 6) is 0.273. The summed E-state index contributed by atoms with van der Waals surface area (Å²) in [4.78, 5) is 12.7. The molecule has 7 nitrogen and oxygen atoms in total. The molecule has 1 heterocycles. The second kappa shape index (κ2) is 6.36. The molecule has 1 aliphatic heterocycles. The Labute approximate surface area is 104 Å². The SMILES string of the molecule is CN(C(=O)NCCCl)[C@@H]1O[C@H](CO)[C@@H](O)[C@H]1O. The molecule has 1 aliphatic rings. The number of alkyl halides is 1. The quantitative estimate of drug-likeness (QED) is 0.456. The zero-order valence-corrected chi connectivity index (χ0v) is 10.2. The van der Waals surface area contributed by atoms with Crippen LogP contribution >= 0.6 is 11.6 Å². The van der Waals surface area contributed by atoms with E-state index in [-0.39, 0.29) is 5.88 Å². The van der Waals surface area contributed by atoms with Gasteiger partial charge in [0.25, 0.3) is 0 Å². The Hall–Kier alpha value is -0.600. The molecule has 4 N–H and O–H groups in total. The van der Waals surface area contributed by atoms with Crippen LogP contribution in [0.5, 0.6) is 0 Å². The molecule has 1 fully saturated rings. The molecule has 4 atom stereocenters. The molecule has 0 spiro atoms. The number of nitrogens with one attached hydrogen (secondary N) is 1. The van der Waals surface area contributed by atoms with Crippen LogP contribution in [0.15, 0.2) is 0 Å². The number of likely N-dealkylation sites (N-methyl/N-ethyl adjacent to an activating group) is 1. The first-order valence-electron chi connectivity index (χ1n) is 5.22. The van der Waals surface area contributed by atoms with E-state index in [0.29, 0.717) is 6.54 Å². The van der Waals surface area contributed by atoms with E-state index >= 15 is 0 Å². The van der Waals surface area contributed by atoms with Gasteiger partial charge in [0.15, 0.2) is 6.23 Å². The predicted octanol–water partition coefficient (Wildman–Crippen LogP) is -1.69. The predicted molar refractivity (Wildman–Crippen MR) is 59.6 cm³/mol. The summed E-state index contributed by atoms with van der Waals surface area (Å²) in [5, 5.41) is 30.6. The topological polar surface area (TPSA) is 102 Å². The smallest absolute Gasteiger partial charge is 0.319 e. The minimum absolute atomic E-state index is 0.273. The number of hydrogen-bond donors (Lipinski definition) is 4. The fourth-order valence-corrected chi connectivity index (χ4v) is 1.69. The van der Waals surface area contributed by atoms with E-state index in [1.165, 1.54) is 7.05 Å². The third kappa shape index (κ3) is 3.20. The van der Waals surface area contributed by atoms with Crippen LogP contribution in [0.1, 0.15) is 0 Å². The minimum Gasteiger partial charge on any atom is -0.394 e. The molecule has 8 heteroatoms. The normalized spacial score (nSPS) is 32.5. The molecule has 0 unspecified atom stereocenters. The number of aliphatic hydroxyl groups is 3. The van der Waals surface area contributed by atoms with Crippen molar-refractivity contribution < 1.29 is 24.9 Å². The van der Waals surface area contributed by atoms with Crippen LogP contribution in [0.2, 0.25) is 0 Å². The lowest BCUT2D eigenvalue weighted by molar-refractivity contribution is -0.0713. The van der Waals surface area contributed by atoms with Crippen LogP contribution in [0.25, 0.3) is 0 Å². The van der Waals surface area contributed by atoms with Gasteiger partial charge in [-0.1, -0.05) is 0 Å². The Bertz CT molecular complexity index is 268. The van der Waals surface area contributed by atoms with E-state index in [2.05, 4.69) is 5.32 Å². The largest absolute Gasteiger partial charge is 0.394 e. The van der Waals surface area contributed by atoms with E-state index in [1.807, 2.05) is 0 Å². The maximum absolute atomic E-state index is 11.6. The highest BCUT2D eigenvalue weighted by molar-refractivity contribution is 6.18. The summed E-state index contributed by atoms with van der Waals surface area (Å²) in [6, 6.07) is -0.472. The standard InChI is InChI=1S/C9H17ClN2O5/c1-12(9(16)11-3-2-10)8-7(15)6(14)5(4-13)17-8/h5-8,13-15H,2-4H2,1H3,(H,11,16)/t5-,6-,7-,8-/m1/s1. The molecule has 1 saturated heterocycles. The van der Waals surface area contributed by atoms with Gasteiger partial charge >= 0.3 is 6.03 Å². The molecule has 100 valence electrons. The van der Waals surface area contributed by atoms with Gasteiger partial charge in [0, 0.05) is 19.5 Å². The summed E-state index contributed by atoms with van der Waals surface area (Å²) < 4.78 is 5.18. The Morgan fingerprint density at radius 1 is 1.47 bits per heavy atom. The fraction of sp³-hybridized carbons (Fsp3) is 0.889. The number of amides is 2. The lowest BCUT2D eigenvalue weighted by Crippen LogP contribution is -2.49. The van der Waals surface area contributed by atoms with E-state index in [9.17, 15) is 15.0 Å². The van der Waals surface area contributed by atoms with Crippen molar-refractivity contribution in [2.45, 2.75) is 24.5 Å². The number of carbonyl (C=O) groups is 1. The molecule has 1 rings (SSSR count). The fourth-order valence-electron chi connectivity index (χ4n) is 1.59. The van der Waals surface area contributed by atoms with E-state index < -0.39 is 37.2 Å². The Balaban J connectivity index is 2.57. The van der Waals surface area contributed by atoms with Gasteiger partial charge in [-0.15, -0.1) is 11.6 Å². The van der Waals surface area contributed by atoms with Crippen molar-refractivity contribution in [1.82, 2.24) is 10.2 Å². The second-order valence-corrected chi connectivity index (χ2v) is 4.14. The van der Waals surface area contributed by atoms with Crippen LogP contribution in [0, 0.1) is 0 Å². The Morgan fingerprint density at radius 2 is 2.12 bits per heavy atom. The van der Waals surface area contributed by atoms with Crippen LogP contribution in [-0.4, -0.2) is 76.9 Å². The molecule has 0 aromatic rings. The Kier molecular flexibility index (Phi) is 5.41. The lowest BCUT2D eigenvalue weighted by Gasteiger charge is -2.26. The second-order valence-electron chi connectivity index (χ2n) is 3.76. The van der Waals surface area contributed by atoms with Gasteiger partial charge in [-0.25, -0.2) is 4.79 Å². The van der Waals surface area contributed by atoms with Crippen LogP contribution < -0.4 is 5.32 Å². The van der Waals surface area contributed by atoms with Gasteiger partial charge < -0.3 is 25.4 Å². The molecular formula is C9H17ClN2O5. The number of hydrogen-bond acceptors (Lipinski definition) is 5. The maximum atomic E-state index is 11.6. The number of urea groups is 1. The van der Waals surface area contributed by atoms with Gasteiger partial charge in [0.05, 0.1) is 6.61 Å². The minimum atomic E-state index is -1.25. The summed E-state index contributed by atoms with van der Waals surface area (Å²) in [7, 11) is 1.42. The lowest BCUT2D eigenvalue weighted by atomic mass is 10.1. The van der Waals surface area contributed by atoms with Gasteiger partial charge in [0.2, 0.25) is 0 Å². The van der Waals surface area contributed by atoms with Gasteiger partial charge in [-0.05, 0) is 0 Å². The first-order chi connectivity index (χ1) is 8.02. The van der Waals surface area contributed by atoms with Crippen molar-refractivity contribution in [1.29, 1.82) is 0 Å². The van der Waals surface area contributed by atoms with Gasteiger partial charge in [-0.3, -0.25) is 4.90 Å². The Morgan fingerprint density at radius 3 is 2.59 bits per heavy atom. The summed E-state index contributed by atoms with van der Waals surface area (Å²) in [6.07, 6.45) is -4.34. The number of halogens is 1. The third-order valence-electron chi connectivity index (χ3n) is 2.59. The average molecular weight is 269 g/mol. The zero-order valence-electron chi connectivity index (χ0n) is 9.41. The summed E-state index contributed by atoms with van der Waals surface area (Å²) in [5.41, 5.74) is 0. The van der Waals surface area contributed by atoms with Crippen LogP contribution in [0.3, 0.4) is 0 Å². The first kappa shape index (κ1) is 14.5. The summed E-state index contributed by atoms with van der Waals surface area (Å²) in [6.45, 7) is -0.134. The number of nitrogens with zero attached hydrogens (tertiary/aromatic N) is 1. The molecular weight excluding hydrogens is 252 g/mol. The maximum Gasteiger partial charge on any atom is 0.319 e. The van der Waals surface area contributed by atoms with Crippen molar-refractivity contribution in [2.75, 3.05) is 26.1 Å². The highest BCUT2D eigenvalue weighted by Crippen LogP contribution is 2.22. The number of aliphatic hydroxyl groups excluding tert-OH is 3. The number of carbonyl (C=O) groups excluding carboxylic acids is 1. The number of rotatable bonds is 4. The molecule has 0 aromatic heterocycles. The monoisotopic (exact) mass is 268 g/mol. The van der Waals surface area contributed by atoms with E-state index in [4.69, 9.17) is 21.4 Å². The van der Waals surface area contributed by atoms with Crippen LogP contribution in [0.4, 0.5) is 4.79 Å². The van der Waals surface area contributed by atoms with E-state index in [1.54, 1.807) is 0 Å². The molecule has 0 radical (unpaired) electrons. The summed E-state index contributed by atoms with van der Waals surface area (Å²) >= 11 is 5.42.